The maximum Gasteiger partial charge on any atom is 0.274 e. The lowest BCUT2D eigenvalue weighted by Crippen LogP contribution is -2.29. The maximum absolute atomic E-state index is 12.5. The molecule has 120 valence electrons. The molecule has 1 aliphatic rings. The van der Waals surface area contributed by atoms with Gasteiger partial charge in [0.2, 0.25) is 0 Å². The van der Waals surface area contributed by atoms with Gasteiger partial charge in [0.05, 0.1) is 0 Å². The molecule has 23 heavy (non-hydrogen) atoms. The van der Waals surface area contributed by atoms with E-state index in [2.05, 4.69) is 15.2 Å². The van der Waals surface area contributed by atoms with Gasteiger partial charge in [-0.3, -0.25) is 9.78 Å². The molecule has 1 amide bonds. The molecule has 0 saturated carbocycles. The molecule has 0 aliphatic carbocycles. The number of amides is 1. The highest BCUT2D eigenvalue weighted by Crippen LogP contribution is 2.21. The lowest BCUT2D eigenvalue weighted by Gasteiger charge is -2.28. The highest BCUT2D eigenvalue weighted by Gasteiger charge is 2.14. The molecular formula is C19H23N3O. The third kappa shape index (κ3) is 3.70. The SMILES string of the molecule is Cc1ccc(C)c(NC(=O)c2cc(N3CCCCC3)ccn2)c1. The summed E-state index contributed by atoms with van der Waals surface area (Å²) in [5.74, 6) is -0.155. The second-order valence-corrected chi connectivity index (χ2v) is 6.22. The van der Waals surface area contributed by atoms with Crippen molar-refractivity contribution in [3.63, 3.8) is 0 Å². The summed E-state index contributed by atoms with van der Waals surface area (Å²) in [4.78, 5) is 19.1. The normalized spacial score (nSPS) is 14.6. The Kier molecular flexibility index (Phi) is 4.60. The van der Waals surface area contributed by atoms with Gasteiger partial charge in [0, 0.05) is 30.7 Å². The van der Waals surface area contributed by atoms with E-state index in [1.165, 1.54) is 19.3 Å². The Bertz CT molecular complexity index is 706. The maximum atomic E-state index is 12.5. The van der Waals surface area contributed by atoms with Crippen molar-refractivity contribution in [2.24, 2.45) is 0 Å². The predicted molar refractivity (Wildman–Crippen MR) is 94.2 cm³/mol. The number of anilines is 2. The Morgan fingerprint density at radius 3 is 2.65 bits per heavy atom. The van der Waals surface area contributed by atoms with Gasteiger partial charge in [-0.2, -0.15) is 0 Å². The van der Waals surface area contributed by atoms with Gasteiger partial charge in [0.1, 0.15) is 5.69 Å². The van der Waals surface area contributed by atoms with Gasteiger partial charge in [0.15, 0.2) is 0 Å². The minimum absolute atomic E-state index is 0.155. The van der Waals surface area contributed by atoms with Crippen molar-refractivity contribution in [2.45, 2.75) is 33.1 Å². The number of aryl methyl sites for hydroxylation is 2. The topological polar surface area (TPSA) is 45.2 Å². The van der Waals surface area contributed by atoms with Crippen molar-refractivity contribution >= 4 is 17.3 Å². The molecule has 2 heterocycles. The lowest BCUT2D eigenvalue weighted by molar-refractivity contribution is 0.102. The minimum Gasteiger partial charge on any atom is -0.371 e. The first kappa shape index (κ1) is 15.5. The Morgan fingerprint density at radius 1 is 1.09 bits per heavy atom. The number of nitrogens with one attached hydrogen (secondary N) is 1. The van der Waals surface area contributed by atoms with Crippen LogP contribution in [0.1, 0.15) is 40.9 Å². The number of carbonyl (C=O) groups is 1. The van der Waals surface area contributed by atoms with Crippen LogP contribution in [-0.2, 0) is 0 Å². The van der Waals surface area contributed by atoms with E-state index in [1.807, 2.05) is 44.2 Å². The summed E-state index contributed by atoms with van der Waals surface area (Å²) in [7, 11) is 0. The first-order valence-corrected chi connectivity index (χ1v) is 8.23. The molecule has 1 aliphatic heterocycles. The van der Waals surface area contributed by atoms with Gasteiger partial charge in [-0.15, -0.1) is 0 Å². The van der Waals surface area contributed by atoms with E-state index >= 15 is 0 Å². The first-order valence-electron chi connectivity index (χ1n) is 8.23. The fraction of sp³-hybridized carbons (Fsp3) is 0.368. The van der Waals surface area contributed by atoms with E-state index in [4.69, 9.17) is 0 Å². The molecule has 0 spiro atoms. The average molecular weight is 309 g/mol. The molecular weight excluding hydrogens is 286 g/mol. The fourth-order valence-electron chi connectivity index (χ4n) is 2.95. The van der Waals surface area contributed by atoms with Crippen LogP contribution in [-0.4, -0.2) is 24.0 Å². The first-order chi connectivity index (χ1) is 11.1. The molecule has 4 heteroatoms. The molecule has 1 fully saturated rings. The van der Waals surface area contributed by atoms with Crippen molar-refractivity contribution in [3.8, 4) is 0 Å². The summed E-state index contributed by atoms with van der Waals surface area (Å²) < 4.78 is 0. The van der Waals surface area contributed by atoms with Gasteiger partial charge < -0.3 is 10.2 Å². The van der Waals surface area contributed by atoms with E-state index in [-0.39, 0.29) is 5.91 Å². The van der Waals surface area contributed by atoms with Crippen LogP contribution < -0.4 is 10.2 Å². The minimum atomic E-state index is -0.155. The monoisotopic (exact) mass is 309 g/mol. The molecule has 3 rings (SSSR count). The highest BCUT2D eigenvalue weighted by atomic mass is 16.1. The quantitative estimate of drug-likeness (QED) is 0.934. The van der Waals surface area contributed by atoms with Crippen LogP contribution in [0, 0.1) is 13.8 Å². The number of piperidine rings is 1. The molecule has 1 aromatic heterocycles. The summed E-state index contributed by atoms with van der Waals surface area (Å²) in [5.41, 5.74) is 4.58. The highest BCUT2D eigenvalue weighted by molar-refractivity contribution is 6.03. The number of aromatic nitrogens is 1. The van der Waals surface area contributed by atoms with Crippen LogP contribution in [0.2, 0.25) is 0 Å². The molecule has 1 N–H and O–H groups in total. The van der Waals surface area contributed by atoms with Crippen molar-refractivity contribution in [1.29, 1.82) is 0 Å². The van der Waals surface area contributed by atoms with Crippen LogP contribution in [0.5, 0.6) is 0 Å². The zero-order valence-corrected chi connectivity index (χ0v) is 13.8. The number of hydrogen-bond donors (Lipinski definition) is 1. The van der Waals surface area contributed by atoms with Crippen LogP contribution in [0.3, 0.4) is 0 Å². The van der Waals surface area contributed by atoms with Crippen molar-refractivity contribution in [3.05, 3.63) is 53.3 Å². The van der Waals surface area contributed by atoms with Gasteiger partial charge in [-0.05, 0) is 62.4 Å². The third-order valence-electron chi connectivity index (χ3n) is 4.34. The Hall–Kier alpha value is -2.36. The molecule has 0 bridgehead atoms. The average Bonchev–Trinajstić information content (AvgIpc) is 2.59. The molecule has 0 unspecified atom stereocenters. The van der Waals surface area contributed by atoms with Crippen molar-refractivity contribution < 1.29 is 4.79 Å². The zero-order chi connectivity index (χ0) is 16.2. The molecule has 4 nitrogen and oxygen atoms in total. The standard InChI is InChI=1S/C19H23N3O/c1-14-6-7-15(2)17(12-14)21-19(23)18-13-16(8-9-20-18)22-10-4-3-5-11-22/h6-9,12-13H,3-5,10-11H2,1-2H3,(H,21,23). The zero-order valence-electron chi connectivity index (χ0n) is 13.8. The van der Waals surface area contributed by atoms with Crippen LogP contribution >= 0.6 is 0 Å². The summed E-state index contributed by atoms with van der Waals surface area (Å²) in [5, 5.41) is 2.98. The van der Waals surface area contributed by atoms with Crippen LogP contribution in [0.15, 0.2) is 36.5 Å². The summed E-state index contributed by atoms with van der Waals surface area (Å²) >= 11 is 0. The number of benzene rings is 1. The van der Waals surface area contributed by atoms with E-state index in [9.17, 15) is 4.79 Å². The smallest absolute Gasteiger partial charge is 0.274 e. The summed E-state index contributed by atoms with van der Waals surface area (Å²) in [6, 6.07) is 9.93. The van der Waals surface area contributed by atoms with E-state index in [0.717, 1.165) is 35.6 Å². The lowest BCUT2D eigenvalue weighted by atomic mass is 10.1. The molecule has 1 saturated heterocycles. The fourth-order valence-corrected chi connectivity index (χ4v) is 2.95. The van der Waals surface area contributed by atoms with E-state index in [0.29, 0.717) is 5.69 Å². The number of pyridine rings is 1. The Labute approximate surface area is 137 Å². The molecule has 0 radical (unpaired) electrons. The summed E-state index contributed by atoms with van der Waals surface area (Å²) in [6.45, 7) is 6.13. The second kappa shape index (κ2) is 6.82. The number of nitrogens with zero attached hydrogens (tertiary/aromatic N) is 2. The van der Waals surface area contributed by atoms with Crippen LogP contribution in [0.25, 0.3) is 0 Å². The third-order valence-corrected chi connectivity index (χ3v) is 4.34. The number of rotatable bonds is 3. The van der Waals surface area contributed by atoms with Crippen LogP contribution in [0.4, 0.5) is 11.4 Å². The van der Waals surface area contributed by atoms with Gasteiger partial charge >= 0.3 is 0 Å². The second-order valence-electron chi connectivity index (χ2n) is 6.22. The van der Waals surface area contributed by atoms with Gasteiger partial charge in [-0.25, -0.2) is 0 Å². The number of carbonyl (C=O) groups excluding carboxylic acids is 1. The Balaban J connectivity index is 1.78. The number of hydrogen-bond acceptors (Lipinski definition) is 3. The van der Waals surface area contributed by atoms with Crippen molar-refractivity contribution in [1.82, 2.24) is 4.98 Å². The van der Waals surface area contributed by atoms with E-state index < -0.39 is 0 Å². The largest absolute Gasteiger partial charge is 0.371 e. The molecule has 1 aromatic carbocycles. The van der Waals surface area contributed by atoms with Gasteiger partial charge in [0.25, 0.3) is 5.91 Å². The van der Waals surface area contributed by atoms with E-state index in [1.54, 1.807) is 6.20 Å². The van der Waals surface area contributed by atoms with Crippen molar-refractivity contribution in [2.75, 3.05) is 23.3 Å². The Morgan fingerprint density at radius 2 is 1.87 bits per heavy atom. The molecule has 2 aromatic rings. The molecule has 0 atom stereocenters. The van der Waals surface area contributed by atoms with Gasteiger partial charge in [-0.1, -0.05) is 12.1 Å². The predicted octanol–water partition coefficient (Wildman–Crippen LogP) is 3.94. The summed E-state index contributed by atoms with van der Waals surface area (Å²) in [6.07, 6.45) is 5.45.